The molecule has 1 aromatic carbocycles. The number of rotatable bonds is 4. The van der Waals surface area contributed by atoms with E-state index in [0.29, 0.717) is 18.0 Å². The number of benzene rings is 1. The first-order valence-electron chi connectivity index (χ1n) is 10.4. The Morgan fingerprint density at radius 1 is 0.929 bits per heavy atom. The van der Waals surface area contributed by atoms with Crippen LogP contribution in [0.1, 0.15) is 47.4 Å². The first-order chi connectivity index (χ1) is 13.6. The van der Waals surface area contributed by atoms with Crippen LogP contribution < -0.4 is 0 Å². The van der Waals surface area contributed by atoms with Gasteiger partial charge in [-0.1, -0.05) is 11.2 Å². The fraction of sp³-hybridized carbons (Fsp3) is 0.571. The molecule has 28 heavy (non-hydrogen) atoms. The van der Waals surface area contributed by atoms with E-state index in [-0.39, 0.29) is 0 Å². The summed E-state index contributed by atoms with van der Waals surface area (Å²) >= 11 is 0. The molecule has 0 bridgehead atoms. The van der Waals surface area contributed by atoms with Crippen LogP contribution >= 0.6 is 0 Å². The third-order valence-corrected chi connectivity index (χ3v) is 8.34. The second kappa shape index (κ2) is 7.28. The zero-order valence-electron chi connectivity index (χ0n) is 16.2. The molecule has 5 rings (SSSR count). The van der Waals surface area contributed by atoms with Gasteiger partial charge in [-0.3, -0.25) is 4.90 Å². The number of fused-ring (bicyclic) bond motifs is 2. The van der Waals surface area contributed by atoms with Crippen molar-refractivity contribution in [2.45, 2.75) is 56.4 Å². The average Bonchev–Trinajstić information content (AvgIpc) is 3.35. The molecule has 6 nitrogen and oxygen atoms in total. The predicted molar refractivity (Wildman–Crippen MR) is 106 cm³/mol. The molecule has 1 aliphatic heterocycles. The molecule has 2 aliphatic carbocycles. The number of nitrogens with zero attached hydrogens (tertiary/aromatic N) is 3. The second-order valence-electron chi connectivity index (χ2n) is 8.20. The van der Waals surface area contributed by atoms with Crippen LogP contribution in [-0.4, -0.2) is 49.0 Å². The lowest BCUT2D eigenvalue weighted by molar-refractivity contribution is 0.177. The molecule has 0 unspecified atom stereocenters. The Morgan fingerprint density at radius 2 is 1.71 bits per heavy atom. The second-order valence-corrected chi connectivity index (χ2v) is 10.1. The molecule has 1 aromatic heterocycles. The van der Waals surface area contributed by atoms with E-state index in [1.807, 2.05) is 12.1 Å². The van der Waals surface area contributed by atoms with Crippen molar-refractivity contribution in [1.82, 2.24) is 14.4 Å². The molecule has 0 amide bonds. The van der Waals surface area contributed by atoms with E-state index in [1.165, 1.54) is 29.5 Å². The predicted octanol–water partition coefficient (Wildman–Crippen LogP) is 2.55. The molecular weight excluding hydrogens is 374 g/mol. The quantitative estimate of drug-likeness (QED) is 0.788. The molecule has 2 aromatic rings. The minimum atomic E-state index is -3.41. The minimum Gasteiger partial charge on any atom is -0.361 e. The molecule has 0 saturated carbocycles. The van der Waals surface area contributed by atoms with Crippen LogP contribution in [0.5, 0.6) is 0 Å². The van der Waals surface area contributed by atoms with Gasteiger partial charge < -0.3 is 4.52 Å². The number of aryl methyl sites for hydroxylation is 3. The third kappa shape index (κ3) is 3.29. The number of sulfonamides is 1. The molecule has 2 heterocycles. The number of hydrogen-bond donors (Lipinski definition) is 0. The smallest absolute Gasteiger partial charge is 0.243 e. The first kappa shape index (κ1) is 18.3. The molecule has 0 N–H and O–H groups in total. The van der Waals surface area contributed by atoms with Gasteiger partial charge in [0.05, 0.1) is 4.90 Å². The lowest BCUT2D eigenvalue weighted by Gasteiger charge is -2.33. The summed E-state index contributed by atoms with van der Waals surface area (Å²) < 4.78 is 33.3. The van der Waals surface area contributed by atoms with Crippen LogP contribution in [0.3, 0.4) is 0 Å². The fourth-order valence-corrected chi connectivity index (χ4v) is 6.24. The van der Waals surface area contributed by atoms with Gasteiger partial charge in [0.2, 0.25) is 10.0 Å². The normalized spacial score (nSPS) is 20.9. The lowest BCUT2D eigenvalue weighted by Crippen LogP contribution is -2.48. The summed E-state index contributed by atoms with van der Waals surface area (Å²) in [6.45, 7) is 3.27. The van der Waals surface area contributed by atoms with E-state index in [4.69, 9.17) is 4.52 Å². The average molecular weight is 402 g/mol. The van der Waals surface area contributed by atoms with Crippen molar-refractivity contribution in [1.29, 1.82) is 0 Å². The van der Waals surface area contributed by atoms with Crippen molar-refractivity contribution in [3.8, 4) is 0 Å². The van der Waals surface area contributed by atoms with E-state index < -0.39 is 10.0 Å². The Morgan fingerprint density at radius 3 is 2.57 bits per heavy atom. The van der Waals surface area contributed by atoms with Crippen LogP contribution in [-0.2, 0) is 42.3 Å². The standard InChI is InChI=1S/C21H27N3O3S/c25-28(26,18-9-8-16-4-3-5-17(16)14-18)24-12-10-23(11-13-24)15-20-19-6-1-2-7-21(19)27-22-20/h8-9,14H,1-7,10-13,15H2. The van der Waals surface area contributed by atoms with Gasteiger partial charge in [0, 0.05) is 44.7 Å². The van der Waals surface area contributed by atoms with Crippen molar-refractivity contribution in [3.05, 3.63) is 46.3 Å². The highest BCUT2D eigenvalue weighted by molar-refractivity contribution is 7.89. The Hall–Kier alpha value is -1.70. The molecular formula is C21H27N3O3S. The van der Waals surface area contributed by atoms with Gasteiger partial charge in [-0.05, 0) is 61.8 Å². The zero-order chi connectivity index (χ0) is 19.1. The van der Waals surface area contributed by atoms with Gasteiger partial charge in [-0.25, -0.2) is 8.42 Å². The third-order valence-electron chi connectivity index (χ3n) is 6.44. The molecule has 0 radical (unpaired) electrons. The molecule has 0 spiro atoms. The highest BCUT2D eigenvalue weighted by atomic mass is 32.2. The van der Waals surface area contributed by atoms with Crippen molar-refractivity contribution in [2.75, 3.05) is 26.2 Å². The summed E-state index contributed by atoms with van der Waals surface area (Å²) in [7, 11) is -3.41. The molecule has 0 atom stereocenters. The van der Waals surface area contributed by atoms with Gasteiger partial charge in [0.15, 0.2) is 0 Å². The molecule has 7 heteroatoms. The van der Waals surface area contributed by atoms with Crippen molar-refractivity contribution in [3.63, 3.8) is 0 Å². The largest absolute Gasteiger partial charge is 0.361 e. The summed E-state index contributed by atoms with van der Waals surface area (Å²) in [5.74, 6) is 1.05. The van der Waals surface area contributed by atoms with Crippen LogP contribution in [0.15, 0.2) is 27.6 Å². The monoisotopic (exact) mass is 401 g/mol. The number of hydrogen-bond acceptors (Lipinski definition) is 5. The SMILES string of the molecule is O=S(=O)(c1ccc2c(c1)CCC2)N1CCN(Cc2noc3c2CCCC3)CC1. The summed E-state index contributed by atoms with van der Waals surface area (Å²) in [5.41, 5.74) is 4.85. The molecule has 150 valence electrons. The van der Waals surface area contributed by atoms with E-state index in [2.05, 4.69) is 10.1 Å². The Bertz CT molecular complexity index is 975. The van der Waals surface area contributed by atoms with E-state index in [9.17, 15) is 8.42 Å². The van der Waals surface area contributed by atoms with Gasteiger partial charge in [0.25, 0.3) is 0 Å². The van der Waals surface area contributed by atoms with Gasteiger partial charge in [0.1, 0.15) is 11.5 Å². The van der Waals surface area contributed by atoms with Crippen molar-refractivity contribution < 1.29 is 12.9 Å². The van der Waals surface area contributed by atoms with Gasteiger partial charge in [-0.15, -0.1) is 0 Å². The van der Waals surface area contributed by atoms with Crippen LogP contribution in [0, 0.1) is 0 Å². The van der Waals surface area contributed by atoms with Gasteiger partial charge in [-0.2, -0.15) is 4.31 Å². The first-order valence-corrected chi connectivity index (χ1v) is 11.9. The minimum absolute atomic E-state index is 0.451. The summed E-state index contributed by atoms with van der Waals surface area (Å²) in [4.78, 5) is 2.74. The summed E-state index contributed by atoms with van der Waals surface area (Å²) in [6.07, 6.45) is 7.63. The zero-order valence-corrected chi connectivity index (χ0v) is 17.0. The van der Waals surface area contributed by atoms with Crippen LogP contribution in [0.2, 0.25) is 0 Å². The van der Waals surface area contributed by atoms with E-state index >= 15 is 0 Å². The lowest BCUT2D eigenvalue weighted by atomic mass is 9.96. The molecule has 3 aliphatic rings. The summed E-state index contributed by atoms with van der Waals surface area (Å²) in [5, 5.41) is 4.29. The van der Waals surface area contributed by atoms with E-state index in [0.717, 1.165) is 63.2 Å². The van der Waals surface area contributed by atoms with Crippen molar-refractivity contribution >= 4 is 10.0 Å². The Labute approximate surface area is 166 Å². The van der Waals surface area contributed by atoms with Crippen LogP contribution in [0.4, 0.5) is 0 Å². The maximum Gasteiger partial charge on any atom is 0.243 e. The van der Waals surface area contributed by atoms with Crippen molar-refractivity contribution in [2.24, 2.45) is 0 Å². The highest BCUT2D eigenvalue weighted by Gasteiger charge is 2.30. The number of aromatic nitrogens is 1. The number of piperazine rings is 1. The van der Waals surface area contributed by atoms with Gasteiger partial charge >= 0.3 is 0 Å². The maximum absolute atomic E-state index is 13.1. The Kier molecular flexibility index (Phi) is 4.77. The summed E-state index contributed by atoms with van der Waals surface area (Å²) in [6, 6.07) is 5.68. The maximum atomic E-state index is 13.1. The van der Waals surface area contributed by atoms with Crippen LogP contribution in [0.25, 0.3) is 0 Å². The fourth-order valence-electron chi connectivity index (χ4n) is 4.77. The van der Waals surface area contributed by atoms with E-state index in [1.54, 1.807) is 10.4 Å². The Balaban J connectivity index is 1.25. The molecule has 1 saturated heterocycles. The topological polar surface area (TPSA) is 66.7 Å². The molecule has 1 fully saturated rings. The highest BCUT2D eigenvalue weighted by Crippen LogP contribution is 2.28.